The third-order valence-electron chi connectivity index (χ3n) is 4.21. The maximum absolute atomic E-state index is 12.7. The first-order valence-corrected chi connectivity index (χ1v) is 8.43. The molecule has 2 atom stereocenters. The summed E-state index contributed by atoms with van der Waals surface area (Å²) < 4.78 is 0. The first kappa shape index (κ1) is 15.4. The van der Waals surface area contributed by atoms with Crippen molar-refractivity contribution in [1.82, 2.24) is 9.88 Å². The smallest absolute Gasteiger partial charge is 0.273 e. The minimum Gasteiger partial charge on any atom is -0.331 e. The van der Waals surface area contributed by atoms with Crippen molar-refractivity contribution in [2.75, 3.05) is 6.54 Å². The van der Waals surface area contributed by atoms with Crippen molar-refractivity contribution < 1.29 is 4.79 Å². The molecule has 1 aliphatic carbocycles. The molecule has 5 heteroatoms. The maximum atomic E-state index is 12.7. The molecule has 2 rings (SSSR count). The second-order valence-electron chi connectivity index (χ2n) is 5.73. The van der Waals surface area contributed by atoms with Gasteiger partial charge in [0.05, 0.1) is 5.01 Å². The number of hydrogen-bond donors (Lipinski definition) is 1. The van der Waals surface area contributed by atoms with E-state index in [2.05, 4.69) is 30.7 Å². The van der Waals surface area contributed by atoms with Gasteiger partial charge in [0, 0.05) is 23.9 Å². The quantitative estimate of drug-likeness (QED) is 0.841. The second-order valence-corrected chi connectivity index (χ2v) is 6.68. The van der Waals surface area contributed by atoms with E-state index in [1.165, 1.54) is 11.3 Å². The summed E-state index contributed by atoms with van der Waals surface area (Å²) in [6.07, 6.45) is 4.11. The van der Waals surface area contributed by atoms with Crippen LogP contribution in [0.5, 0.6) is 0 Å². The van der Waals surface area contributed by atoms with Gasteiger partial charge in [-0.2, -0.15) is 0 Å². The molecule has 1 fully saturated rings. The van der Waals surface area contributed by atoms with Gasteiger partial charge in [0.15, 0.2) is 0 Å². The second kappa shape index (κ2) is 6.68. The Morgan fingerprint density at radius 2 is 2.25 bits per heavy atom. The average Bonchev–Trinajstić information content (AvgIpc) is 3.16. The van der Waals surface area contributed by atoms with Gasteiger partial charge in [-0.05, 0) is 32.2 Å². The molecule has 0 saturated heterocycles. The van der Waals surface area contributed by atoms with E-state index in [-0.39, 0.29) is 11.9 Å². The third-order valence-corrected chi connectivity index (χ3v) is 5.12. The first-order valence-electron chi connectivity index (χ1n) is 7.55. The number of rotatable bonds is 7. The molecule has 0 bridgehead atoms. The molecule has 2 unspecified atom stereocenters. The van der Waals surface area contributed by atoms with Crippen LogP contribution in [0.3, 0.4) is 0 Å². The van der Waals surface area contributed by atoms with Crippen LogP contribution in [0.1, 0.15) is 55.5 Å². The van der Waals surface area contributed by atoms with E-state index in [1.54, 1.807) is 0 Å². The van der Waals surface area contributed by atoms with Crippen LogP contribution in [0, 0.1) is 5.92 Å². The highest BCUT2D eigenvalue weighted by atomic mass is 32.1. The van der Waals surface area contributed by atoms with Crippen LogP contribution in [-0.4, -0.2) is 34.4 Å². The van der Waals surface area contributed by atoms with Crippen LogP contribution in [0.15, 0.2) is 5.38 Å². The molecule has 1 aromatic rings. The minimum absolute atomic E-state index is 0.0971. The van der Waals surface area contributed by atoms with E-state index in [4.69, 9.17) is 5.73 Å². The highest BCUT2D eigenvalue weighted by Crippen LogP contribution is 2.32. The van der Waals surface area contributed by atoms with E-state index in [0.717, 1.165) is 30.7 Å². The fourth-order valence-electron chi connectivity index (χ4n) is 2.43. The molecule has 0 radical (unpaired) electrons. The normalized spacial score (nSPS) is 17.8. The van der Waals surface area contributed by atoms with E-state index in [0.29, 0.717) is 24.2 Å². The van der Waals surface area contributed by atoms with Gasteiger partial charge in [0.1, 0.15) is 5.69 Å². The molecule has 2 N–H and O–H groups in total. The van der Waals surface area contributed by atoms with Crippen LogP contribution < -0.4 is 5.73 Å². The number of amides is 1. The number of hydrogen-bond acceptors (Lipinski definition) is 4. The van der Waals surface area contributed by atoms with E-state index in [1.807, 2.05) is 5.38 Å². The largest absolute Gasteiger partial charge is 0.331 e. The van der Waals surface area contributed by atoms with Crippen molar-refractivity contribution >= 4 is 17.2 Å². The van der Waals surface area contributed by atoms with Gasteiger partial charge < -0.3 is 10.6 Å². The van der Waals surface area contributed by atoms with Gasteiger partial charge in [0.2, 0.25) is 0 Å². The lowest BCUT2D eigenvalue weighted by Crippen LogP contribution is -2.43. The van der Waals surface area contributed by atoms with Gasteiger partial charge in [-0.25, -0.2) is 4.98 Å². The standard InChI is InChI=1S/C15H25N3OS/c1-4-10(2)11(3)18(12-5-6-12)15(19)13-9-20-14(17-13)7-8-16/h9-12H,4-8,16H2,1-3H3. The molecular weight excluding hydrogens is 270 g/mol. The molecule has 1 saturated carbocycles. The molecule has 112 valence electrons. The van der Waals surface area contributed by atoms with Crippen molar-refractivity contribution in [1.29, 1.82) is 0 Å². The van der Waals surface area contributed by atoms with Crippen molar-refractivity contribution in [3.63, 3.8) is 0 Å². The highest BCUT2D eigenvalue weighted by Gasteiger charge is 2.38. The third kappa shape index (κ3) is 3.38. The minimum atomic E-state index is 0.0971. The zero-order valence-corrected chi connectivity index (χ0v) is 13.4. The van der Waals surface area contributed by atoms with Crippen molar-refractivity contribution in [2.45, 2.75) is 58.5 Å². The van der Waals surface area contributed by atoms with Gasteiger partial charge in [-0.1, -0.05) is 20.3 Å². The number of carbonyl (C=O) groups excluding carboxylic acids is 1. The lowest BCUT2D eigenvalue weighted by Gasteiger charge is -2.32. The Morgan fingerprint density at radius 3 is 2.80 bits per heavy atom. The van der Waals surface area contributed by atoms with Crippen molar-refractivity contribution in [2.24, 2.45) is 11.7 Å². The summed E-state index contributed by atoms with van der Waals surface area (Å²) in [5.41, 5.74) is 6.14. The highest BCUT2D eigenvalue weighted by molar-refractivity contribution is 7.09. The predicted octanol–water partition coefficient (Wildman–Crippen LogP) is 2.68. The molecule has 1 aliphatic rings. The Balaban J connectivity index is 2.13. The lowest BCUT2D eigenvalue weighted by molar-refractivity contribution is 0.0610. The Morgan fingerprint density at radius 1 is 1.55 bits per heavy atom. The van der Waals surface area contributed by atoms with Crippen LogP contribution in [-0.2, 0) is 6.42 Å². The van der Waals surface area contributed by atoms with Crippen molar-refractivity contribution in [3.05, 3.63) is 16.1 Å². The van der Waals surface area contributed by atoms with Gasteiger partial charge in [-0.15, -0.1) is 11.3 Å². The molecule has 1 heterocycles. The summed E-state index contributed by atoms with van der Waals surface area (Å²) in [7, 11) is 0. The van der Waals surface area contributed by atoms with Gasteiger partial charge in [-0.3, -0.25) is 4.79 Å². The maximum Gasteiger partial charge on any atom is 0.273 e. The fourth-order valence-corrected chi connectivity index (χ4v) is 3.22. The Bertz CT molecular complexity index is 456. The number of thiazole rings is 1. The van der Waals surface area contributed by atoms with Crippen LogP contribution in [0.4, 0.5) is 0 Å². The summed E-state index contributed by atoms with van der Waals surface area (Å²) in [6.45, 7) is 7.14. The summed E-state index contributed by atoms with van der Waals surface area (Å²) in [5, 5.41) is 2.84. The van der Waals surface area contributed by atoms with E-state index >= 15 is 0 Å². The molecule has 4 nitrogen and oxygen atoms in total. The number of aromatic nitrogens is 1. The number of nitrogens with two attached hydrogens (primary N) is 1. The molecule has 1 amide bonds. The number of carbonyl (C=O) groups is 1. The van der Waals surface area contributed by atoms with E-state index in [9.17, 15) is 4.79 Å². The SMILES string of the molecule is CCC(C)C(C)N(C(=O)c1csc(CCN)n1)C1CC1. The van der Waals surface area contributed by atoms with Gasteiger partial charge >= 0.3 is 0 Å². The Labute approximate surface area is 125 Å². The summed E-state index contributed by atoms with van der Waals surface area (Å²) in [4.78, 5) is 19.3. The summed E-state index contributed by atoms with van der Waals surface area (Å²) in [5.74, 6) is 0.613. The lowest BCUT2D eigenvalue weighted by atomic mass is 9.99. The molecule has 0 aliphatic heterocycles. The van der Waals surface area contributed by atoms with Crippen molar-refractivity contribution in [3.8, 4) is 0 Å². The molecular formula is C15H25N3OS. The summed E-state index contributed by atoms with van der Waals surface area (Å²) >= 11 is 1.54. The average molecular weight is 295 g/mol. The monoisotopic (exact) mass is 295 g/mol. The van der Waals surface area contributed by atoms with Crippen LogP contribution in [0.2, 0.25) is 0 Å². The van der Waals surface area contributed by atoms with Crippen LogP contribution >= 0.6 is 11.3 Å². The zero-order chi connectivity index (χ0) is 14.7. The molecule has 20 heavy (non-hydrogen) atoms. The van der Waals surface area contributed by atoms with Gasteiger partial charge in [0.25, 0.3) is 5.91 Å². The van der Waals surface area contributed by atoms with E-state index < -0.39 is 0 Å². The molecule has 1 aromatic heterocycles. The Kier molecular flexibility index (Phi) is 5.16. The predicted molar refractivity (Wildman–Crippen MR) is 83.0 cm³/mol. The fraction of sp³-hybridized carbons (Fsp3) is 0.733. The first-order chi connectivity index (χ1) is 9.58. The molecule has 0 aromatic carbocycles. The zero-order valence-electron chi connectivity index (χ0n) is 12.6. The topological polar surface area (TPSA) is 59.2 Å². The van der Waals surface area contributed by atoms with Crippen LogP contribution in [0.25, 0.3) is 0 Å². The number of nitrogens with zero attached hydrogens (tertiary/aromatic N) is 2. The Hall–Kier alpha value is -0.940. The summed E-state index contributed by atoms with van der Waals surface area (Å²) in [6, 6.07) is 0.700. The molecule has 0 spiro atoms.